The average Bonchev–Trinajstić information content (AvgIpc) is 2.71. The molecule has 2 aromatic rings. The molecule has 0 aromatic heterocycles. The second-order valence-electron chi connectivity index (χ2n) is 5.82. The minimum atomic E-state index is -0.298. The van der Waals surface area contributed by atoms with Crippen LogP contribution in [0.25, 0.3) is 0 Å². The third kappa shape index (κ3) is 5.46. The summed E-state index contributed by atoms with van der Waals surface area (Å²) in [5, 5.41) is 5.64. The third-order valence-electron chi connectivity index (χ3n) is 3.99. The summed E-state index contributed by atoms with van der Waals surface area (Å²) in [5.41, 5.74) is 7.19. The Morgan fingerprint density at radius 3 is 2.11 bits per heavy atom. The van der Waals surface area contributed by atoms with Gasteiger partial charge in [-0.3, -0.25) is 9.59 Å². The van der Waals surface area contributed by atoms with Crippen LogP contribution in [0.5, 0.6) is 11.5 Å². The third-order valence-corrected chi connectivity index (χ3v) is 3.99. The van der Waals surface area contributed by atoms with Crippen molar-refractivity contribution in [2.75, 3.05) is 27.3 Å². The second kappa shape index (κ2) is 10.2. The number of hydrogen-bond acceptors (Lipinski definition) is 5. The number of nitrogens with two attached hydrogens (primary N) is 1. The van der Waals surface area contributed by atoms with Gasteiger partial charge in [0.1, 0.15) is 17.1 Å². The van der Waals surface area contributed by atoms with E-state index in [1.807, 2.05) is 0 Å². The van der Waals surface area contributed by atoms with E-state index in [0.29, 0.717) is 42.3 Å². The smallest absolute Gasteiger partial charge is 0.259 e. The maximum absolute atomic E-state index is 12.6. The number of rotatable bonds is 9. The SMILES string of the molecule is COc1cccc(OC)c1C(=O)NCc1ccc(C(=O)NCCCN)cc1. The van der Waals surface area contributed by atoms with Crippen LogP contribution in [0.3, 0.4) is 0 Å². The van der Waals surface area contributed by atoms with Crippen LogP contribution in [0.15, 0.2) is 42.5 Å². The molecule has 0 heterocycles. The van der Waals surface area contributed by atoms with E-state index < -0.39 is 0 Å². The van der Waals surface area contributed by atoms with Gasteiger partial charge in [-0.05, 0) is 42.8 Å². The summed E-state index contributed by atoms with van der Waals surface area (Å²) in [4.78, 5) is 24.5. The van der Waals surface area contributed by atoms with Crippen LogP contribution in [0, 0.1) is 0 Å². The van der Waals surface area contributed by atoms with Gasteiger partial charge < -0.3 is 25.8 Å². The summed E-state index contributed by atoms with van der Waals surface area (Å²) < 4.78 is 10.5. The van der Waals surface area contributed by atoms with Gasteiger partial charge in [-0.1, -0.05) is 18.2 Å². The van der Waals surface area contributed by atoms with E-state index in [1.54, 1.807) is 42.5 Å². The van der Waals surface area contributed by atoms with Crippen LogP contribution in [0.2, 0.25) is 0 Å². The van der Waals surface area contributed by atoms with Gasteiger partial charge in [0.25, 0.3) is 11.8 Å². The van der Waals surface area contributed by atoms with Crippen molar-refractivity contribution in [3.8, 4) is 11.5 Å². The summed E-state index contributed by atoms with van der Waals surface area (Å²) in [6, 6.07) is 12.2. The molecule has 0 atom stereocenters. The van der Waals surface area contributed by atoms with E-state index >= 15 is 0 Å². The predicted octanol–water partition coefficient (Wildman–Crippen LogP) is 1.71. The van der Waals surface area contributed by atoms with E-state index in [1.165, 1.54) is 14.2 Å². The number of nitrogens with one attached hydrogen (secondary N) is 2. The molecule has 0 saturated carbocycles. The van der Waals surface area contributed by atoms with Gasteiger partial charge in [0, 0.05) is 18.7 Å². The van der Waals surface area contributed by atoms with Crippen molar-refractivity contribution in [2.24, 2.45) is 5.73 Å². The maximum Gasteiger partial charge on any atom is 0.259 e. The molecule has 7 nitrogen and oxygen atoms in total. The molecule has 2 rings (SSSR count). The molecule has 2 amide bonds. The Bertz CT molecular complexity index is 753. The highest BCUT2D eigenvalue weighted by Crippen LogP contribution is 2.28. The fourth-order valence-electron chi connectivity index (χ4n) is 2.53. The zero-order valence-electron chi connectivity index (χ0n) is 15.6. The van der Waals surface area contributed by atoms with Gasteiger partial charge in [-0.15, -0.1) is 0 Å². The van der Waals surface area contributed by atoms with Crippen molar-refractivity contribution >= 4 is 11.8 Å². The van der Waals surface area contributed by atoms with Gasteiger partial charge in [-0.25, -0.2) is 0 Å². The minimum absolute atomic E-state index is 0.141. The standard InChI is InChI=1S/C20H25N3O4/c1-26-16-5-3-6-17(27-2)18(16)20(25)23-13-14-7-9-15(10-8-14)19(24)22-12-4-11-21/h3,5-10H,4,11-13,21H2,1-2H3,(H,22,24)(H,23,25). The second-order valence-corrected chi connectivity index (χ2v) is 5.82. The number of hydrogen-bond donors (Lipinski definition) is 3. The Labute approximate surface area is 158 Å². The van der Waals surface area contributed by atoms with Gasteiger partial charge in [0.05, 0.1) is 14.2 Å². The van der Waals surface area contributed by atoms with Gasteiger partial charge in [0.15, 0.2) is 0 Å². The number of ether oxygens (including phenoxy) is 2. The Hall–Kier alpha value is -3.06. The van der Waals surface area contributed by atoms with Crippen LogP contribution in [0.1, 0.15) is 32.7 Å². The van der Waals surface area contributed by atoms with E-state index in [4.69, 9.17) is 15.2 Å². The molecule has 0 saturated heterocycles. The monoisotopic (exact) mass is 371 g/mol. The molecule has 0 unspecified atom stereocenters. The van der Waals surface area contributed by atoms with E-state index in [9.17, 15) is 9.59 Å². The Kier molecular flexibility index (Phi) is 7.63. The van der Waals surface area contributed by atoms with Crippen molar-refractivity contribution in [3.05, 3.63) is 59.2 Å². The maximum atomic E-state index is 12.6. The fraction of sp³-hybridized carbons (Fsp3) is 0.300. The van der Waals surface area contributed by atoms with Crippen LogP contribution in [-0.2, 0) is 6.54 Å². The topological polar surface area (TPSA) is 103 Å². The number of amides is 2. The Balaban J connectivity index is 1.99. The van der Waals surface area contributed by atoms with Crippen LogP contribution in [0.4, 0.5) is 0 Å². The molecule has 27 heavy (non-hydrogen) atoms. The first-order chi connectivity index (χ1) is 13.1. The molecule has 0 aliphatic rings. The zero-order valence-corrected chi connectivity index (χ0v) is 15.6. The summed E-state index contributed by atoms with van der Waals surface area (Å²) in [7, 11) is 3.01. The molecule has 0 fully saturated rings. The van der Waals surface area contributed by atoms with Crippen LogP contribution >= 0.6 is 0 Å². The normalized spacial score (nSPS) is 10.2. The molecule has 0 radical (unpaired) electrons. The molecular weight excluding hydrogens is 346 g/mol. The summed E-state index contributed by atoms with van der Waals surface area (Å²) in [6.45, 7) is 1.40. The Morgan fingerprint density at radius 2 is 1.56 bits per heavy atom. The first-order valence-corrected chi connectivity index (χ1v) is 8.67. The minimum Gasteiger partial charge on any atom is -0.496 e. The molecule has 144 valence electrons. The van der Waals surface area contributed by atoms with Crippen LogP contribution < -0.4 is 25.8 Å². The molecule has 0 aliphatic carbocycles. The van der Waals surface area contributed by atoms with Crippen molar-refractivity contribution in [1.29, 1.82) is 0 Å². The lowest BCUT2D eigenvalue weighted by Gasteiger charge is -2.13. The average molecular weight is 371 g/mol. The van der Waals surface area contributed by atoms with Crippen molar-refractivity contribution < 1.29 is 19.1 Å². The summed E-state index contributed by atoms with van der Waals surface area (Å²) in [6.07, 6.45) is 0.738. The molecule has 4 N–H and O–H groups in total. The number of methoxy groups -OCH3 is 2. The summed E-state index contributed by atoms with van der Waals surface area (Å²) in [5.74, 6) is 0.443. The highest BCUT2D eigenvalue weighted by molar-refractivity contribution is 5.99. The highest BCUT2D eigenvalue weighted by Gasteiger charge is 2.17. The number of carbonyl (C=O) groups excluding carboxylic acids is 2. The first kappa shape index (κ1) is 20.3. The Morgan fingerprint density at radius 1 is 0.926 bits per heavy atom. The molecule has 2 aromatic carbocycles. The lowest BCUT2D eigenvalue weighted by Crippen LogP contribution is -2.26. The van der Waals surface area contributed by atoms with E-state index in [0.717, 1.165) is 12.0 Å². The van der Waals surface area contributed by atoms with E-state index in [-0.39, 0.29) is 11.8 Å². The summed E-state index contributed by atoms with van der Waals surface area (Å²) >= 11 is 0. The largest absolute Gasteiger partial charge is 0.496 e. The van der Waals surface area contributed by atoms with Gasteiger partial charge in [0.2, 0.25) is 0 Å². The quantitative estimate of drug-likeness (QED) is 0.583. The molecule has 0 spiro atoms. The molecular formula is C20H25N3O4. The van der Waals surface area contributed by atoms with Crippen molar-refractivity contribution in [3.63, 3.8) is 0 Å². The molecule has 0 aliphatic heterocycles. The highest BCUT2D eigenvalue weighted by atomic mass is 16.5. The lowest BCUT2D eigenvalue weighted by atomic mass is 10.1. The van der Waals surface area contributed by atoms with Gasteiger partial charge >= 0.3 is 0 Å². The fourth-order valence-corrected chi connectivity index (χ4v) is 2.53. The van der Waals surface area contributed by atoms with Crippen molar-refractivity contribution in [2.45, 2.75) is 13.0 Å². The number of benzene rings is 2. The van der Waals surface area contributed by atoms with Crippen LogP contribution in [-0.4, -0.2) is 39.1 Å². The molecule has 0 bridgehead atoms. The van der Waals surface area contributed by atoms with Gasteiger partial charge in [-0.2, -0.15) is 0 Å². The predicted molar refractivity (Wildman–Crippen MR) is 103 cm³/mol. The molecule has 7 heteroatoms. The van der Waals surface area contributed by atoms with Crippen molar-refractivity contribution in [1.82, 2.24) is 10.6 Å². The number of carbonyl (C=O) groups is 2. The lowest BCUT2D eigenvalue weighted by molar-refractivity contribution is 0.0938. The first-order valence-electron chi connectivity index (χ1n) is 8.67. The van der Waals surface area contributed by atoms with E-state index in [2.05, 4.69) is 10.6 Å². The zero-order chi connectivity index (χ0) is 19.6.